The summed E-state index contributed by atoms with van der Waals surface area (Å²) in [5.74, 6) is 1.45. The van der Waals surface area contributed by atoms with Crippen molar-refractivity contribution in [3.8, 4) is 0 Å². The smallest absolute Gasteiger partial charge is 0.226 e. The van der Waals surface area contributed by atoms with Crippen molar-refractivity contribution in [2.75, 3.05) is 13.6 Å². The molecule has 3 nitrogen and oxygen atoms in total. The van der Waals surface area contributed by atoms with Gasteiger partial charge in [-0.3, -0.25) is 4.79 Å². The van der Waals surface area contributed by atoms with Crippen LogP contribution in [0.4, 0.5) is 0 Å². The zero-order valence-electron chi connectivity index (χ0n) is 12.2. The van der Waals surface area contributed by atoms with Crippen LogP contribution in [0, 0.1) is 11.8 Å². The van der Waals surface area contributed by atoms with E-state index in [1.807, 2.05) is 18.0 Å². The summed E-state index contributed by atoms with van der Waals surface area (Å²) in [5, 5.41) is 0. The first-order valence-corrected chi connectivity index (χ1v) is 7.74. The van der Waals surface area contributed by atoms with Gasteiger partial charge in [0.15, 0.2) is 0 Å². The van der Waals surface area contributed by atoms with Crippen LogP contribution in [0.3, 0.4) is 0 Å². The van der Waals surface area contributed by atoms with Gasteiger partial charge < -0.3 is 10.6 Å². The van der Waals surface area contributed by atoms with Crippen LogP contribution in [-0.2, 0) is 4.79 Å². The summed E-state index contributed by atoms with van der Waals surface area (Å²) in [7, 11) is 1.97. The number of hydrogen-bond donors (Lipinski definition) is 1. The topological polar surface area (TPSA) is 46.3 Å². The van der Waals surface area contributed by atoms with Crippen LogP contribution in [0.5, 0.6) is 0 Å². The molecule has 0 aliphatic heterocycles. The molecule has 0 heterocycles. The largest absolute Gasteiger partial charge is 0.342 e. The van der Waals surface area contributed by atoms with E-state index in [0.717, 1.165) is 12.8 Å². The minimum absolute atomic E-state index is 0.196. The normalized spacial score (nSPS) is 32.1. The number of carbonyl (C=O) groups excluding carboxylic acids is 1. The molecule has 2 N–H and O–H groups in total. The summed E-state index contributed by atoms with van der Waals surface area (Å²) in [6, 6.07) is 10.8. The molecule has 3 rings (SSSR count). The lowest BCUT2D eigenvalue weighted by molar-refractivity contribution is -0.134. The minimum atomic E-state index is 0.196. The fourth-order valence-electron chi connectivity index (χ4n) is 3.76. The third-order valence-corrected chi connectivity index (χ3v) is 5.10. The standard InChI is InChI=1S/C17H24N2O/c1-19(16-9-5-8-13(16)11-18)17(20)15-10-14(15)12-6-3-2-4-7-12/h2-4,6-7,13-16H,5,8-11,18H2,1H3. The molecule has 4 unspecified atom stereocenters. The molecule has 2 saturated carbocycles. The van der Waals surface area contributed by atoms with Gasteiger partial charge in [-0.15, -0.1) is 0 Å². The second-order valence-corrected chi connectivity index (χ2v) is 6.30. The molecule has 2 aliphatic rings. The van der Waals surface area contributed by atoms with Gasteiger partial charge >= 0.3 is 0 Å². The van der Waals surface area contributed by atoms with Crippen LogP contribution >= 0.6 is 0 Å². The van der Waals surface area contributed by atoms with Crippen LogP contribution in [0.15, 0.2) is 30.3 Å². The van der Waals surface area contributed by atoms with Crippen molar-refractivity contribution in [2.45, 2.75) is 37.6 Å². The second-order valence-electron chi connectivity index (χ2n) is 6.30. The number of benzene rings is 1. The molecule has 0 bridgehead atoms. The maximum absolute atomic E-state index is 12.6. The van der Waals surface area contributed by atoms with Gasteiger partial charge in [0, 0.05) is 19.0 Å². The zero-order valence-corrected chi connectivity index (χ0v) is 12.2. The zero-order chi connectivity index (χ0) is 14.1. The Bertz CT molecular complexity index is 473. The van der Waals surface area contributed by atoms with Crippen molar-refractivity contribution in [3.63, 3.8) is 0 Å². The minimum Gasteiger partial charge on any atom is -0.342 e. The summed E-state index contributed by atoms with van der Waals surface area (Å²) >= 11 is 0. The van der Waals surface area contributed by atoms with E-state index in [9.17, 15) is 4.79 Å². The molecule has 0 radical (unpaired) electrons. The third kappa shape index (κ3) is 2.47. The van der Waals surface area contributed by atoms with E-state index < -0.39 is 0 Å². The lowest BCUT2D eigenvalue weighted by atomic mass is 10.0. The van der Waals surface area contributed by atoms with Crippen LogP contribution in [0.25, 0.3) is 0 Å². The van der Waals surface area contributed by atoms with E-state index in [1.165, 1.54) is 18.4 Å². The van der Waals surface area contributed by atoms with Gasteiger partial charge in [0.1, 0.15) is 0 Å². The summed E-state index contributed by atoms with van der Waals surface area (Å²) in [4.78, 5) is 14.6. The predicted molar refractivity (Wildman–Crippen MR) is 80.2 cm³/mol. The first kappa shape index (κ1) is 13.6. The molecular weight excluding hydrogens is 248 g/mol. The van der Waals surface area contributed by atoms with Crippen molar-refractivity contribution >= 4 is 5.91 Å². The summed E-state index contributed by atoms with van der Waals surface area (Å²) in [6.07, 6.45) is 4.50. The highest BCUT2D eigenvalue weighted by Crippen LogP contribution is 2.49. The Morgan fingerprint density at radius 3 is 2.75 bits per heavy atom. The molecular formula is C17H24N2O. The fourth-order valence-corrected chi connectivity index (χ4v) is 3.76. The molecule has 108 valence electrons. The lowest BCUT2D eigenvalue weighted by Crippen LogP contribution is -2.42. The van der Waals surface area contributed by atoms with Crippen LogP contribution in [0.1, 0.15) is 37.2 Å². The van der Waals surface area contributed by atoms with E-state index in [4.69, 9.17) is 5.73 Å². The van der Waals surface area contributed by atoms with Gasteiger partial charge in [-0.1, -0.05) is 36.8 Å². The molecule has 1 amide bonds. The molecule has 0 spiro atoms. The number of nitrogens with two attached hydrogens (primary N) is 1. The Kier molecular flexibility index (Phi) is 3.79. The van der Waals surface area contributed by atoms with Crippen LogP contribution in [0.2, 0.25) is 0 Å². The first-order valence-electron chi connectivity index (χ1n) is 7.74. The predicted octanol–water partition coefficient (Wildman–Crippen LogP) is 2.38. The van der Waals surface area contributed by atoms with Gasteiger partial charge in [-0.05, 0) is 43.2 Å². The number of nitrogens with zero attached hydrogens (tertiary/aromatic N) is 1. The summed E-state index contributed by atoms with van der Waals surface area (Å²) < 4.78 is 0. The highest BCUT2D eigenvalue weighted by molar-refractivity contribution is 5.83. The lowest BCUT2D eigenvalue weighted by Gasteiger charge is -2.29. The Hall–Kier alpha value is -1.35. The van der Waals surface area contributed by atoms with Crippen molar-refractivity contribution < 1.29 is 4.79 Å². The van der Waals surface area contributed by atoms with E-state index in [-0.39, 0.29) is 5.92 Å². The van der Waals surface area contributed by atoms with Gasteiger partial charge in [0.25, 0.3) is 0 Å². The average molecular weight is 272 g/mol. The molecule has 20 heavy (non-hydrogen) atoms. The maximum atomic E-state index is 12.6. The quantitative estimate of drug-likeness (QED) is 0.914. The number of amides is 1. The molecule has 1 aromatic carbocycles. The third-order valence-electron chi connectivity index (χ3n) is 5.10. The van der Waals surface area contributed by atoms with Crippen LogP contribution in [-0.4, -0.2) is 30.4 Å². The number of rotatable bonds is 4. The van der Waals surface area contributed by atoms with E-state index in [2.05, 4.69) is 24.3 Å². The van der Waals surface area contributed by atoms with Gasteiger partial charge in [0.05, 0.1) is 0 Å². The Labute approximate surface area is 121 Å². The molecule has 4 atom stereocenters. The molecule has 1 aromatic rings. The van der Waals surface area contributed by atoms with Crippen molar-refractivity contribution in [1.29, 1.82) is 0 Å². The highest BCUT2D eigenvalue weighted by atomic mass is 16.2. The fraction of sp³-hybridized carbons (Fsp3) is 0.588. The SMILES string of the molecule is CN(C(=O)C1CC1c1ccccc1)C1CCCC1CN. The molecule has 0 aromatic heterocycles. The van der Waals surface area contributed by atoms with Gasteiger partial charge in [0.2, 0.25) is 5.91 Å². The number of carbonyl (C=O) groups is 1. The second kappa shape index (κ2) is 5.57. The molecule has 2 fully saturated rings. The Morgan fingerprint density at radius 1 is 1.30 bits per heavy atom. The average Bonchev–Trinajstić information content (AvgIpc) is 3.15. The molecule has 0 saturated heterocycles. The first-order chi connectivity index (χ1) is 9.72. The summed E-state index contributed by atoms with van der Waals surface area (Å²) in [5.41, 5.74) is 7.14. The van der Waals surface area contributed by atoms with Crippen molar-refractivity contribution in [1.82, 2.24) is 4.90 Å². The summed E-state index contributed by atoms with van der Waals surface area (Å²) in [6.45, 7) is 0.703. The van der Waals surface area contributed by atoms with Crippen molar-refractivity contribution in [2.24, 2.45) is 17.6 Å². The Morgan fingerprint density at radius 2 is 2.05 bits per heavy atom. The van der Waals surface area contributed by atoms with E-state index in [1.54, 1.807) is 0 Å². The van der Waals surface area contributed by atoms with Crippen molar-refractivity contribution in [3.05, 3.63) is 35.9 Å². The molecule has 2 aliphatic carbocycles. The molecule has 3 heteroatoms. The van der Waals surface area contributed by atoms with Gasteiger partial charge in [-0.25, -0.2) is 0 Å². The number of hydrogen-bond acceptors (Lipinski definition) is 2. The van der Waals surface area contributed by atoms with E-state index in [0.29, 0.717) is 30.3 Å². The van der Waals surface area contributed by atoms with Crippen LogP contribution < -0.4 is 5.73 Å². The van der Waals surface area contributed by atoms with E-state index >= 15 is 0 Å². The maximum Gasteiger partial charge on any atom is 0.226 e. The Balaban J connectivity index is 1.63. The van der Waals surface area contributed by atoms with Gasteiger partial charge in [-0.2, -0.15) is 0 Å². The monoisotopic (exact) mass is 272 g/mol. The highest BCUT2D eigenvalue weighted by Gasteiger charge is 2.46.